The summed E-state index contributed by atoms with van der Waals surface area (Å²) in [5.74, 6) is -0.270. The second-order valence-electron chi connectivity index (χ2n) is 5.00. The second-order valence-corrected chi connectivity index (χ2v) is 5.38. The molecule has 0 saturated heterocycles. The fourth-order valence-electron chi connectivity index (χ4n) is 2.32. The van der Waals surface area contributed by atoms with Crippen molar-refractivity contribution in [2.45, 2.75) is 39.8 Å². The Hall–Kier alpha value is -1.39. The van der Waals surface area contributed by atoms with Crippen LogP contribution >= 0.6 is 11.6 Å². The lowest BCUT2D eigenvalue weighted by atomic mass is 10.0. The van der Waals surface area contributed by atoms with Gasteiger partial charge in [-0.25, -0.2) is 4.39 Å². The highest BCUT2D eigenvalue weighted by Crippen LogP contribution is 2.26. The van der Waals surface area contributed by atoms with Crippen LogP contribution in [0.3, 0.4) is 0 Å². The maximum Gasteiger partial charge on any atom is 0.128 e. The van der Waals surface area contributed by atoms with Crippen molar-refractivity contribution in [2.24, 2.45) is 5.73 Å². The zero-order chi connectivity index (χ0) is 14.9. The number of rotatable bonds is 4. The zero-order valence-electron chi connectivity index (χ0n) is 12.0. The van der Waals surface area contributed by atoms with Crippen LogP contribution in [0.4, 0.5) is 4.39 Å². The molecule has 2 aromatic rings. The molecule has 1 atom stereocenters. The van der Waals surface area contributed by atoms with E-state index in [1.807, 2.05) is 31.5 Å². The summed E-state index contributed by atoms with van der Waals surface area (Å²) in [5, 5.41) is 4.97. The Morgan fingerprint density at radius 2 is 2.10 bits per heavy atom. The van der Waals surface area contributed by atoms with Gasteiger partial charge in [0.25, 0.3) is 0 Å². The highest BCUT2D eigenvalue weighted by Gasteiger charge is 2.18. The molecule has 2 rings (SSSR count). The van der Waals surface area contributed by atoms with Gasteiger partial charge in [-0.15, -0.1) is 0 Å². The number of nitrogens with zero attached hydrogens (tertiary/aromatic N) is 2. The van der Waals surface area contributed by atoms with Gasteiger partial charge in [0, 0.05) is 24.6 Å². The highest BCUT2D eigenvalue weighted by atomic mass is 35.5. The number of halogens is 2. The minimum atomic E-state index is -0.436. The van der Waals surface area contributed by atoms with Gasteiger partial charge in [0.2, 0.25) is 0 Å². The second kappa shape index (κ2) is 5.94. The summed E-state index contributed by atoms with van der Waals surface area (Å²) in [6.07, 6.45) is 0.466. The molecule has 20 heavy (non-hydrogen) atoms. The molecule has 108 valence electrons. The molecular weight excluding hydrogens is 277 g/mol. The van der Waals surface area contributed by atoms with Crippen LogP contribution in [0.25, 0.3) is 0 Å². The van der Waals surface area contributed by atoms with Gasteiger partial charge in [0.05, 0.1) is 16.4 Å². The van der Waals surface area contributed by atoms with Gasteiger partial charge in [0.1, 0.15) is 5.82 Å². The van der Waals surface area contributed by atoms with E-state index in [4.69, 9.17) is 17.3 Å². The van der Waals surface area contributed by atoms with Crippen LogP contribution in [0.15, 0.2) is 18.2 Å². The fourth-order valence-corrected chi connectivity index (χ4v) is 2.53. The van der Waals surface area contributed by atoms with Gasteiger partial charge in [-0.3, -0.25) is 4.68 Å². The van der Waals surface area contributed by atoms with Crippen molar-refractivity contribution in [3.8, 4) is 0 Å². The molecule has 0 spiro atoms. The first-order valence-electron chi connectivity index (χ1n) is 6.67. The van der Waals surface area contributed by atoms with Crippen LogP contribution in [0.5, 0.6) is 0 Å². The smallest absolute Gasteiger partial charge is 0.128 e. The van der Waals surface area contributed by atoms with E-state index in [0.717, 1.165) is 17.0 Å². The van der Waals surface area contributed by atoms with E-state index >= 15 is 0 Å². The number of hydrogen-bond donors (Lipinski definition) is 1. The van der Waals surface area contributed by atoms with Crippen molar-refractivity contribution in [1.29, 1.82) is 0 Å². The number of benzene rings is 1. The van der Waals surface area contributed by atoms with E-state index in [9.17, 15) is 4.39 Å². The molecule has 0 radical (unpaired) electrons. The van der Waals surface area contributed by atoms with E-state index in [1.54, 1.807) is 6.07 Å². The molecule has 1 aromatic heterocycles. The lowest BCUT2D eigenvalue weighted by molar-refractivity contribution is 0.555. The first kappa shape index (κ1) is 15.0. The Morgan fingerprint density at radius 1 is 1.40 bits per heavy atom. The van der Waals surface area contributed by atoms with Crippen LogP contribution in [-0.2, 0) is 13.0 Å². The van der Waals surface area contributed by atoms with Crippen molar-refractivity contribution < 1.29 is 4.39 Å². The van der Waals surface area contributed by atoms with Crippen molar-refractivity contribution in [3.05, 3.63) is 51.6 Å². The molecule has 0 amide bonds. The van der Waals surface area contributed by atoms with Gasteiger partial charge in [-0.2, -0.15) is 5.10 Å². The molecule has 5 heteroatoms. The van der Waals surface area contributed by atoms with Crippen LogP contribution in [0.1, 0.15) is 35.5 Å². The molecule has 1 heterocycles. The summed E-state index contributed by atoms with van der Waals surface area (Å²) in [4.78, 5) is 0. The van der Waals surface area contributed by atoms with Crippen molar-refractivity contribution >= 4 is 11.6 Å². The lowest BCUT2D eigenvalue weighted by Gasteiger charge is -2.14. The molecular formula is C15H19ClFN3. The zero-order valence-corrected chi connectivity index (χ0v) is 12.7. The van der Waals surface area contributed by atoms with E-state index in [0.29, 0.717) is 23.6 Å². The van der Waals surface area contributed by atoms with E-state index in [1.165, 1.54) is 6.07 Å². The van der Waals surface area contributed by atoms with Gasteiger partial charge in [-0.05, 0) is 32.4 Å². The molecule has 0 saturated carbocycles. The number of hydrogen-bond acceptors (Lipinski definition) is 2. The van der Waals surface area contributed by atoms with Crippen molar-refractivity contribution in [2.75, 3.05) is 0 Å². The maximum atomic E-state index is 14.0. The van der Waals surface area contributed by atoms with Crippen molar-refractivity contribution in [1.82, 2.24) is 9.78 Å². The van der Waals surface area contributed by atoms with Crippen LogP contribution in [0.2, 0.25) is 5.02 Å². The van der Waals surface area contributed by atoms with Gasteiger partial charge < -0.3 is 5.73 Å². The predicted octanol–water partition coefficient (Wildman–Crippen LogP) is 3.55. The molecule has 2 N–H and O–H groups in total. The topological polar surface area (TPSA) is 43.8 Å². The van der Waals surface area contributed by atoms with Gasteiger partial charge >= 0.3 is 0 Å². The summed E-state index contributed by atoms with van der Waals surface area (Å²) >= 11 is 6.26. The summed E-state index contributed by atoms with van der Waals surface area (Å²) in [6, 6.07) is 4.67. The molecule has 0 bridgehead atoms. The Morgan fingerprint density at radius 3 is 2.70 bits per heavy atom. The third kappa shape index (κ3) is 2.86. The first-order chi connectivity index (χ1) is 9.43. The third-order valence-electron chi connectivity index (χ3n) is 3.42. The summed E-state index contributed by atoms with van der Waals surface area (Å²) < 4.78 is 15.8. The number of aromatic nitrogens is 2. The SMILES string of the molecule is CCn1nc(C)c(Cl)c1CC(N)c1ccc(C)cc1F. The number of nitrogens with two attached hydrogens (primary N) is 1. The molecule has 0 fully saturated rings. The first-order valence-corrected chi connectivity index (χ1v) is 7.05. The van der Waals surface area contributed by atoms with E-state index in [2.05, 4.69) is 5.10 Å². The Kier molecular flexibility index (Phi) is 4.45. The van der Waals surface area contributed by atoms with E-state index in [-0.39, 0.29) is 5.82 Å². The third-order valence-corrected chi connectivity index (χ3v) is 3.91. The normalized spacial score (nSPS) is 12.7. The summed E-state index contributed by atoms with van der Waals surface area (Å²) in [7, 11) is 0. The minimum Gasteiger partial charge on any atom is -0.324 e. The Balaban J connectivity index is 2.30. The lowest BCUT2D eigenvalue weighted by Crippen LogP contribution is -2.17. The van der Waals surface area contributed by atoms with Crippen LogP contribution in [-0.4, -0.2) is 9.78 Å². The van der Waals surface area contributed by atoms with Crippen LogP contribution in [0, 0.1) is 19.7 Å². The predicted molar refractivity (Wildman–Crippen MR) is 79.4 cm³/mol. The van der Waals surface area contributed by atoms with Gasteiger partial charge in [0.15, 0.2) is 0 Å². The standard InChI is InChI=1S/C15H19ClFN3/c1-4-20-14(15(16)10(3)19-20)8-13(18)11-6-5-9(2)7-12(11)17/h5-7,13H,4,8,18H2,1-3H3. The number of aryl methyl sites for hydroxylation is 3. The Bertz CT molecular complexity index is 622. The maximum absolute atomic E-state index is 14.0. The highest BCUT2D eigenvalue weighted by molar-refractivity contribution is 6.31. The average molecular weight is 296 g/mol. The monoisotopic (exact) mass is 295 g/mol. The van der Waals surface area contributed by atoms with Gasteiger partial charge in [-0.1, -0.05) is 23.7 Å². The quantitative estimate of drug-likeness (QED) is 0.937. The molecule has 0 aliphatic rings. The molecule has 1 unspecified atom stereocenters. The fraction of sp³-hybridized carbons (Fsp3) is 0.400. The molecule has 3 nitrogen and oxygen atoms in total. The summed E-state index contributed by atoms with van der Waals surface area (Å²) in [6.45, 7) is 6.41. The largest absolute Gasteiger partial charge is 0.324 e. The summed E-state index contributed by atoms with van der Waals surface area (Å²) in [5.41, 5.74) is 9.17. The van der Waals surface area contributed by atoms with E-state index < -0.39 is 6.04 Å². The van der Waals surface area contributed by atoms with Crippen molar-refractivity contribution in [3.63, 3.8) is 0 Å². The average Bonchev–Trinajstić information content (AvgIpc) is 2.66. The molecule has 1 aromatic carbocycles. The molecule has 0 aliphatic heterocycles. The minimum absolute atomic E-state index is 0.270. The Labute approximate surface area is 123 Å². The van der Waals surface area contributed by atoms with Crippen LogP contribution < -0.4 is 5.73 Å². The molecule has 0 aliphatic carbocycles.